The van der Waals surface area contributed by atoms with Crippen molar-refractivity contribution in [1.29, 1.82) is 0 Å². The summed E-state index contributed by atoms with van der Waals surface area (Å²) in [6.45, 7) is 0. The molecule has 1 aromatic rings. The fourth-order valence-electron chi connectivity index (χ4n) is 0.539. The van der Waals surface area contributed by atoms with Crippen LogP contribution in [0.2, 0.25) is 0 Å². The Hall–Kier alpha value is -1.29. The third-order valence-corrected chi connectivity index (χ3v) is 1.02. The van der Waals surface area contributed by atoms with Crippen molar-refractivity contribution in [2.75, 3.05) is 0 Å². The topological polar surface area (TPSA) is 55.3 Å². The average molecular weight is 284 g/mol. The van der Waals surface area contributed by atoms with Gasteiger partial charge in [-0.15, -0.1) is 0 Å². The average Bonchev–Trinajstić information content (AvgIpc) is 2.04. The van der Waals surface area contributed by atoms with E-state index in [1.54, 1.807) is 0 Å². The Bertz CT molecular complexity index is 277. The fourth-order valence-corrected chi connectivity index (χ4v) is 0.539. The zero-order valence-electron chi connectivity index (χ0n) is 8.90. The van der Waals surface area contributed by atoms with Crippen molar-refractivity contribution in [3.05, 3.63) is 24.3 Å². The molecule has 6 N–H and O–H groups in total. The van der Waals surface area contributed by atoms with E-state index in [9.17, 15) is 34.5 Å². The number of hydrogen-bond donors (Lipinski definition) is 2. The predicted octanol–water partition coefficient (Wildman–Crippen LogP) is 2.03. The minimum absolute atomic E-state index is 1.04. The maximum Gasteiger partial charge on any atom is 0.673 e. The minimum atomic E-state index is -6.00. The first kappa shape index (κ1) is 19.1. The van der Waals surface area contributed by atoms with E-state index in [0.717, 1.165) is 11.4 Å². The molecule has 12 heteroatoms. The van der Waals surface area contributed by atoms with Crippen LogP contribution in [0.15, 0.2) is 24.3 Å². The standard InChI is InChI=1S/C6H8N2.2BF4/c7-5-1-2-6(8)4-3-5;2*2-1(3,4)5/h1-4H,7-8H2;;/q;2*-1/p+2. The van der Waals surface area contributed by atoms with Crippen LogP contribution in [0.25, 0.3) is 0 Å². The fraction of sp³-hybridized carbons (Fsp3) is 0. The zero-order valence-corrected chi connectivity index (χ0v) is 8.90. The molecule has 0 saturated carbocycles. The highest BCUT2D eigenvalue weighted by atomic mass is 19.5. The maximum atomic E-state index is 9.75. The smallest absolute Gasteiger partial charge is 0.418 e. The molecule has 0 heterocycles. The van der Waals surface area contributed by atoms with Crippen LogP contribution in [-0.4, -0.2) is 14.5 Å². The summed E-state index contributed by atoms with van der Waals surface area (Å²) in [5.41, 5.74) is 9.55. The van der Waals surface area contributed by atoms with E-state index in [1.165, 1.54) is 0 Å². The van der Waals surface area contributed by atoms with E-state index in [1.807, 2.05) is 24.3 Å². The third kappa shape index (κ3) is 36.4. The molecule has 2 nitrogen and oxygen atoms in total. The van der Waals surface area contributed by atoms with Crippen LogP contribution >= 0.6 is 0 Å². The second-order valence-corrected chi connectivity index (χ2v) is 2.81. The summed E-state index contributed by atoms with van der Waals surface area (Å²) in [4.78, 5) is 0. The van der Waals surface area contributed by atoms with E-state index in [2.05, 4.69) is 11.5 Å². The van der Waals surface area contributed by atoms with Crippen LogP contribution in [-0.2, 0) is 0 Å². The van der Waals surface area contributed by atoms with Crippen LogP contribution < -0.4 is 11.5 Å². The van der Waals surface area contributed by atoms with Gasteiger partial charge in [0.15, 0.2) is 0 Å². The molecule has 0 atom stereocenters. The summed E-state index contributed by atoms with van der Waals surface area (Å²) in [6.07, 6.45) is 0. The number of quaternary nitrogens is 2. The molecule has 0 amide bonds. The molecule has 0 unspecified atom stereocenters. The molecular weight excluding hydrogens is 274 g/mol. The van der Waals surface area contributed by atoms with Gasteiger partial charge in [-0.25, -0.2) is 0 Å². The minimum Gasteiger partial charge on any atom is -0.418 e. The van der Waals surface area contributed by atoms with E-state index in [0.29, 0.717) is 0 Å². The van der Waals surface area contributed by atoms with Crippen LogP contribution in [0.3, 0.4) is 0 Å². The molecule has 0 aliphatic rings. The van der Waals surface area contributed by atoms with Crippen molar-refractivity contribution in [2.24, 2.45) is 0 Å². The molecule has 0 aliphatic heterocycles. The molecule has 0 saturated heterocycles. The molecule has 0 spiro atoms. The van der Waals surface area contributed by atoms with Crippen molar-refractivity contribution < 1.29 is 46.0 Å². The Morgan fingerprint density at radius 3 is 0.778 bits per heavy atom. The zero-order chi connectivity index (χ0) is 15.0. The van der Waals surface area contributed by atoms with Gasteiger partial charge in [-0.2, -0.15) is 0 Å². The second kappa shape index (κ2) is 7.93. The lowest BCUT2D eigenvalue weighted by atomic mass is 10.3. The Morgan fingerprint density at radius 2 is 0.667 bits per heavy atom. The first-order valence-electron chi connectivity index (χ1n) is 4.27. The van der Waals surface area contributed by atoms with Crippen LogP contribution in [0, 0.1) is 0 Å². The lowest BCUT2D eigenvalue weighted by Crippen LogP contribution is -2.42. The summed E-state index contributed by atoms with van der Waals surface area (Å²) in [5, 5.41) is 0. The van der Waals surface area contributed by atoms with Crippen molar-refractivity contribution in [3.63, 3.8) is 0 Å². The Labute approximate surface area is 97.2 Å². The van der Waals surface area contributed by atoms with Gasteiger partial charge in [0, 0.05) is 24.3 Å². The van der Waals surface area contributed by atoms with Gasteiger partial charge >= 0.3 is 14.5 Å². The van der Waals surface area contributed by atoms with Crippen molar-refractivity contribution in [3.8, 4) is 0 Å². The first-order chi connectivity index (χ1) is 7.79. The summed E-state index contributed by atoms with van der Waals surface area (Å²) < 4.78 is 78.0. The molecular formula is C6H10B2F8N2. The van der Waals surface area contributed by atoms with E-state index >= 15 is 0 Å². The van der Waals surface area contributed by atoms with Crippen LogP contribution in [0.5, 0.6) is 0 Å². The Morgan fingerprint density at radius 1 is 0.556 bits per heavy atom. The number of hydrogen-bond acceptors (Lipinski definition) is 0. The molecule has 0 fully saturated rings. The Balaban J connectivity index is 0. The van der Waals surface area contributed by atoms with Gasteiger partial charge in [0.2, 0.25) is 0 Å². The van der Waals surface area contributed by atoms with Crippen molar-refractivity contribution in [2.45, 2.75) is 0 Å². The summed E-state index contributed by atoms with van der Waals surface area (Å²) in [5.74, 6) is 0. The van der Waals surface area contributed by atoms with Crippen molar-refractivity contribution in [1.82, 2.24) is 0 Å². The highest BCUT2D eigenvalue weighted by molar-refractivity contribution is 6.50. The predicted molar refractivity (Wildman–Crippen MR) is 51.9 cm³/mol. The Kier molecular flexibility index (Phi) is 8.39. The lowest BCUT2D eigenvalue weighted by molar-refractivity contribution is -0.260. The highest BCUT2D eigenvalue weighted by Crippen LogP contribution is 2.07. The first-order valence-corrected chi connectivity index (χ1v) is 4.27. The van der Waals surface area contributed by atoms with Gasteiger partial charge < -0.3 is 46.0 Å². The molecule has 0 aliphatic carbocycles. The molecule has 0 bridgehead atoms. The van der Waals surface area contributed by atoms with E-state index in [-0.39, 0.29) is 0 Å². The van der Waals surface area contributed by atoms with E-state index < -0.39 is 14.5 Å². The van der Waals surface area contributed by atoms with Gasteiger partial charge in [0.1, 0.15) is 11.4 Å². The normalized spacial score (nSPS) is 10.8. The van der Waals surface area contributed by atoms with Crippen molar-refractivity contribution >= 4 is 25.9 Å². The number of benzene rings is 1. The van der Waals surface area contributed by atoms with Gasteiger partial charge in [0.05, 0.1) is 0 Å². The largest absolute Gasteiger partial charge is 0.673 e. The second-order valence-electron chi connectivity index (χ2n) is 2.81. The summed E-state index contributed by atoms with van der Waals surface area (Å²) in [7, 11) is -12.0. The summed E-state index contributed by atoms with van der Waals surface area (Å²) >= 11 is 0. The summed E-state index contributed by atoms with van der Waals surface area (Å²) in [6, 6.07) is 7.79. The van der Waals surface area contributed by atoms with Gasteiger partial charge in [-0.05, 0) is 0 Å². The SMILES string of the molecule is F[B-](F)(F)F.F[B-](F)(F)F.[NH3+]c1ccc([NH3+])cc1. The molecule has 18 heavy (non-hydrogen) atoms. The molecule has 0 aromatic heterocycles. The third-order valence-electron chi connectivity index (χ3n) is 1.02. The van der Waals surface area contributed by atoms with Crippen LogP contribution in [0.1, 0.15) is 0 Å². The van der Waals surface area contributed by atoms with Gasteiger partial charge in [-0.1, -0.05) is 0 Å². The highest BCUT2D eigenvalue weighted by Gasteiger charge is 2.21. The molecule has 0 radical (unpaired) electrons. The molecule has 106 valence electrons. The van der Waals surface area contributed by atoms with Gasteiger partial charge in [0.25, 0.3) is 0 Å². The monoisotopic (exact) mass is 284 g/mol. The molecule has 1 aromatic carbocycles. The number of rotatable bonds is 0. The quantitative estimate of drug-likeness (QED) is 0.541. The maximum absolute atomic E-state index is 9.75. The molecule has 1 rings (SSSR count). The van der Waals surface area contributed by atoms with Gasteiger partial charge in [-0.3, -0.25) is 0 Å². The van der Waals surface area contributed by atoms with Crippen LogP contribution in [0.4, 0.5) is 45.9 Å². The van der Waals surface area contributed by atoms with E-state index in [4.69, 9.17) is 0 Å². The number of halogens is 8. The lowest BCUT2D eigenvalue weighted by Gasteiger charge is -1.94.